The number of piperidine rings is 1. The second kappa shape index (κ2) is 12.2. The van der Waals surface area contributed by atoms with Crippen LogP contribution in [-0.2, 0) is 16.1 Å². The van der Waals surface area contributed by atoms with Gasteiger partial charge < -0.3 is 29.5 Å². The highest BCUT2D eigenvalue weighted by Crippen LogP contribution is 2.39. The molecule has 0 spiro atoms. The van der Waals surface area contributed by atoms with Gasteiger partial charge in [-0.1, -0.05) is 30.3 Å². The Morgan fingerprint density at radius 3 is 2.71 bits per heavy atom. The summed E-state index contributed by atoms with van der Waals surface area (Å²) in [5, 5.41) is 11.9. The standard InChI is InChI=1S/C24H28F2N2O6/c1-32-23(29)27-9-11-33-21(17-8-5-10-28(14-17)24(30)31)19-12-18(25)13-20(26)22(19)34-15-16-6-3-2-4-7-16/h2-4,6-7,12-13,17,21H,5,8-11,14-15H2,1H3,(H,27,29)(H,30,31). The van der Waals surface area contributed by atoms with Gasteiger partial charge in [-0.3, -0.25) is 0 Å². The highest BCUT2D eigenvalue weighted by Gasteiger charge is 2.34. The van der Waals surface area contributed by atoms with Gasteiger partial charge >= 0.3 is 12.2 Å². The second-order valence-electron chi connectivity index (χ2n) is 7.92. The third-order valence-electron chi connectivity index (χ3n) is 5.58. The minimum atomic E-state index is -1.07. The summed E-state index contributed by atoms with van der Waals surface area (Å²) in [5.41, 5.74) is 0.954. The number of carbonyl (C=O) groups is 2. The van der Waals surface area contributed by atoms with Gasteiger partial charge in [0, 0.05) is 37.2 Å². The first-order valence-corrected chi connectivity index (χ1v) is 11.0. The number of amides is 2. The fraction of sp³-hybridized carbons (Fsp3) is 0.417. The van der Waals surface area contributed by atoms with Crippen molar-refractivity contribution in [1.82, 2.24) is 10.2 Å². The van der Waals surface area contributed by atoms with E-state index in [1.54, 1.807) is 0 Å². The van der Waals surface area contributed by atoms with E-state index in [4.69, 9.17) is 9.47 Å². The first-order valence-electron chi connectivity index (χ1n) is 11.0. The van der Waals surface area contributed by atoms with Gasteiger partial charge in [0.05, 0.1) is 19.8 Å². The highest BCUT2D eigenvalue weighted by molar-refractivity contribution is 5.66. The van der Waals surface area contributed by atoms with Crippen molar-refractivity contribution in [3.63, 3.8) is 0 Å². The van der Waals surface area contributed by atoms with E-state index in [0.29, 0.717) is 19.4 Å². The summed E-state index contributed by atoms with van der Waals surface area (Å²) in [6.07, 6.45) is -1.40. The molecule has 2 aromatic rings. The van der Waals surface area contributed by atoms with Crippen LogP contribution >= 0.6 is 0 Å². The van der Waals surface area contributed by atoms with Crippen LogP contribution in [0.4, 0.5) is 18.4 Å². The minimum Gasteiger partial charge on any atom is -0.485 e. The molecule has 1 saturated heterocycles. The molecular formula is C24H28F2N2O6. The van der Waals surface area contributed by atoms with Gasteiger partial charge in [0.15, 0.2) is 11.6 Å². The SMILES string of the molecule is COC(=O)NCCOC(c1cc(F)cc(F)c1OCc1ccccc1)C1CCCN(C(=O)O)C1. The minimum absolute atomic E-state index is 0.0135. The van der Waals surface area contributed by atoms with E-state index in [1.807, 2.05) is 30.3 Å². The van der Waals surface area contributed by atoms with Crippen LogP contribution in [0.2, 0.25) is 0 Å². The van der Waals surface area contributed by atoms with Crippen molar-refractivity contribution in [2.24, 2.45) is 5.92 Å². The predicted octanol–water partition coefficient (Wildman–Crippen LogP) is 4.35. The molecule has 0 bridgehead atoms. The van der Waals surface area contributed by atoms with Crippen molar-refractivity contribution < 1.29 is 37.7 Å². The molecule has 1 heterocycles. The number of benzene rings is 2. The molecule has 0 radical (unpaired) electrons. The molecule has 1 aliphatic heterocycles. The number of nitrogens with one attached hydrogen (secondary N) is 1. The van der Waals surface area contributed by atoms with Crippen LogP contribution in [0.3, 0.4) is 0 Å². The van der Waals surface area contributed by atoms with E-state index in [0.717, 1.165) is 17.7 Å². The lowest BCUT2D eigenvalue weighted by Crippen LogP contribution is -2.41. The third kappa shape index (κ3) is 6.80. The molecule has 34 heavy (non-hydrogen) atoms. The molecule has 2 N–H and O–H groups in total. The molecule has 2 amide bonds. The molecule has 2 unspecified atom stereocenters. The van der Waals surface area contributed by atoms with Gasteiger partial charge in [0.25, 0.3) is 0 Å². The van der Waals surface area contributed by atoms with Crippen LogP contribution in [0.25, 0.3) is 0 Å². The van der Waals surface area contributed by atoms with E-state index in [-0.39, 0.29) is 43.5 Å². The van der Waals surface area contributed by atoms with Crippen LogP contribution in [0.15, 0.2) is 42.5 Å². The van der Waals surface area contributed by atoms with Gasteiger partial charge in [-0.05, 0) is 24.5 Å². The average molecular weight is 478 g/mol. The van der Waals surface area contributed by atoms with Crippen LogP contribution in [-0.4, -0.2) is 55.5 Å². The van der Waals surface area contributed by atoms with Crippen molar-refractivity contribution in [2.45, 2.75) is 25.6 Å². The van der Waals surface area contributed by atoms with Crippen LogP contribution < -0.4 is 10.1 Å². The van der Waals surface area contributed by atoms with Crippen molar-refractivity contribution in [2.75, 3.05) is 33.4 Å². The maximum absolute atomic E-state index is 14.9. The first-order chi connectivity index (χ1) is 16.4. The van der Waals surface area contributed by atoms with E-state index >= 15 is 0 Å². The molecular weight excluding hydrogens is 450 g/mol. The lowest BCUT2D eigenvalue weighted by Gasteiger charge is -2.36. The third-order valence-corrected chi connectivity index (χ3v) is 5.58. The number of rotatable bonds is 9. The fourth-order valence-corrected chi connectivity index (χ4v) is 4.00. The summed E-state index contributed by atoms with van der Waals surface area (Å²) < 4.78 is 45.5. The van der Waals surface area contributed by atoms with Crippen LogP contribution in [0.1, 0.15) is 30.1 Å². The number of halogens is 2. The molecule has 1 fully saturated rings. The van der Waals surface area contributed by atoms with Crippen molar-refractivity contribution in [3.05, 3.63) is 65.2 Å². The maximum Gasteiger partial charge on any atom is 0.407 e. The summed E-state index contributed by atoms with van der Waals surface area (Å²) in [6, 6.07) is 11.0. The maximum atomic E-state index is 14.9. The van der Waals surface area contributed by atoms with Crippen LogP contribution in [0.5, 0.6) is 5.75 Å². The van der Waals surface area contributed by atoms with E-state index in [9.17, 15) is 23.5 Å². The number of nitrogens with zero attached hydrogens (tertiary/aromatic N) is 1. The molecule has 1 aliphatic rings. The number of alkyl carbamates (subject to hydrolysis) is 1. The van der Waals surface area contributed by atoms with Crippen molar-refractivity contribution in [3.8, 4) is 5.75 Å². The Balaban J connectivity index is 1.88. The molecule has 10 heteroatoms. The number of ether oxygens (including phenoxy) is 3. The van der Waals surface area contributed by atoms with E-state index in [1.165, 1.54) is 12.0 Å². The Morgan fingerprint density at radius 2 is 2.00 bits per heavy atom. The Hall–Kier alpha value is -3.40. The van der Waals surface area contributed by atoms with Crippen molar-refractivity contribution >= 4 is 12.2 Å². The number of carboxylic acid groups (broad SMARTS) is 1. The first kappa shape index (κ1) is 25.2. The van der Waals surface area contributed by atoms with Gasteiger partial charge in [-0.2, -0.15) is 0 Å². The smallest absolute Gasteiger partial charge is 0.407 e. The Morgan fingerprint density at radius 1 is 1.24 bits per heavy atom. The lowest BCUT2D eigenvalue weighted by atomic mass is 9.88. The normalized spacial score (nSPS) is 16.6. The summed E-state index contributed by atoms with van der Waals surface area (Å²) in [4.78, 5) is 24.1. The number of carbonyl (C=O) groups excluding carboxylic acids is 1. The Kier molecular flexibility index (Phi) is 9.03. The highest BCUT2D eigenvalue weighted by atomic mass is 19.1. The number of likely N-dealkylation sites (tertiary alicyclic amines) is 1. The van der Waals surface area contributed by atoms with E-state index < -0.39 is 29.9 Å². The molecule has 0 aromatic heterocycles. The molecule has 8 nitrogen and oxygen atoms in total. The van der Waals surface area contributed by atoms with Gasteiger partial charge in [-0.15, -0.1) is 0 Å². The molecule has 2 atom stereocenters. The number of hydrogen-bond acceptors (Lipinski definition) is 5. The number of methoxy groups -OCH3 is 1. The topological polar surface area (TPSA) is 97.3 Å². The predicted molar refractivity (Wildman–Crippen MR) is 119 cm³/mol. The summed E-state index contributed by atoms with van der Waals surface area (Å²) in [7, 11) is 1.23. The molecule has 0 saturated carbocycles. The Bertz CT molecular complexity index is 975. The van der Waals surface area contributed by atoms with Gasteiger partial charge in [0.2, 0.25) is 0 Å². The second-order valence-corrected chi connectivity index (χ2v) is 7.92. The zero-order valence-electron chi connectivity index (χ0n) is 18.8. The fourth-order valence-electron chi connectivity index (χ4n) is 4.00. The average Bonchev–Trinajstić information content (AvgIpc) is 2.83. The summed E-state index contributed by atoms with van der Waals surface area (Å²) in [5.74, 6) is -2.20. The summed E-state index contributed by atoms with van der Waals surface area (Å²) in [6.45, 7) is 0.674. The van der Waals surface area contributed by atoms with Crippen molar-refractivity contribution in [1.29, 1.82) is 0 Å². The quantitative estimate of drug-likeness (QED) is 0.520. The zero-order valence-corrected chi connectivity index (χ0v) is 18.8. The van der Waals surface area contributed by atoms with Gasteiger partial charge in [0.1, 0.15) is 12.4 Å². The monoisotopic (exact) mass is 478 g/mol. The van der Waals surface area contributed by atoms with Crippen LogP contribution in [0, 0.1) is 17.6 Å². The Labute approximate surface area is 196 Å². The zero-order chi connectivity index (χ0) is 24.5. The molecule has 2 aromatic carbocycles. The molecule has 0 aliphatic carbocycles. The lowest BCUT2D eigenvalue weighted by molar-refractivity contribution is -0.0136. The molecule has 3 rings (SSSR count). The summed E-state index contributed by atoms with van der Waals surface area (Å²) >= 11 is 0. The largest absolute Gasteiger partial charge is 0.485 e. The molecule has 184 valence electrons. The number of hydrogen-bond donors (Lipinski definition) is 2. The van der Waals surface area contributed by atoms with E-state index in [2.05, 4.69) is 10.1 Å². The van der Waals surface area contributed by atoms with Gasteiger partial charge in [-0.25, -0.2) is 18.4 Å².